The first kappa shape index (κ1) is 18.6. The van der Waals surface area contributed by atoms with Crippen molar-refractivity contribution in [2.24, 2.45) is 4.99 Å². The lowest BCUT2D eigenvalue weighted by Crippen LogP contribution is -2.46. The zero-order valence-electron chi connectivity index (χ0n) is 14.6. The van der Waals surface area contributed by atoms with E-state index in [1.54, 1.807) is 18.2 Å². The maximum atomic E-state index is 12.3. The number of likely N-dealkylation sites (N-methyl/N-ethyl adjacent to an activating group) is 1. The van der Waals surface area contributed by atoms with Crippen LogP contribution in [-0.4, -0.2) is 54.1 Å². The minimum atomic E-state index is -0.221. The Balaban J connectivity index is 1.49. The highest BCUT2D eigenvalue weighted by molar-refractivity contribution is 8.18. The second kappa shape index (κ2) is 7.72. The van der Waals surface area contributed by atoms with Crippen molar-refractivity contribution >= 4 is 52.1 Å². The van der Waals surface area contributed by atoms with Crippen LogP contribution >= 0.6 is 35.0 Å². The third-order valence-electron chi connectivity index (χ3n) is 4.49. The normalized spacial score (nSPS) is 19.8. The second-order valence-corrected chi connectivity index (χ2v) is 8.25. The number of aliphatic imine (C=N–C) groups is 1. The van der Waals surface area contributed by atoms with Crippen molar-refractivity contribution in [3.05, 3.63) is 51.0 Å². The first-order chi connectivity index (χ1) is 13.0. The van der Waals surface area contributed by atoms with E-state index >= 15 is 0 Å². The van der Waals surface area contributed by atoms with Crippen LogP contribution in [0.3, 0.4) is 0 Å². The highest BCUT2D eigenvalue weighted by Gasteiger charge is 2.28. The molecule has 1 saturated heterocycles. The van der Waals surface area contributed by atoms with Gasteiger partial charge in [-0.1, -0.05) is 23.2 Å². The van der Waals surface area contributed by atoms with Crippen molar-refractivity contribution < 1.29 is 9.21 Å². The largest absolute Gasteiger partial charge is 0.457 e. The molecule has 4 rings (SSSR count). The molecule has 3 heterocycles. The summed E-state index contributed by atoms with van der Waals surface area (Å²) < 4.78 is 5.85. The van der Waals surface area contributed by atoms with Crippen LogP contribution in [0.25, 0.3) is 17.4 Å². The van der Waals surface area contributed by atoms with Crippen LogP contribution in [0.2, 0.25) is 10.0 Å². The summed E-state index contributed by atoms with van der Waals surface area (Å²) in [7, 11) is 2.10. The van der Waals surface area contributed by atoms with Gasteiger partial charge < -0.3 is 14.2 Å². The molecule has 1 aromatic heterocycles. The van der Waals surface area contributed by atoms with Gasteiger partial charge in [-0.2, -0.15) is 4.99 Å². The number of carbonyl (C=O) groups is 1. The first-order valence-corrected chi connectivity index (χ1v) is 10.1. The minimum absolute atomic E-state index is 0.221. The molecule has 2 aliphatic heterocycles. The van der Waals surface area contributed by atoms with Gasteiger partial charge in [-0.05, 0) is 49.1 Å². The van der Waals surface area contributed by atoms with Gasteiger partial charge in [0.25, 0.3) is 5.91 Å². The summed E-state index contributed by atoms with van der Waals surface area (Å²) in [5, 5.41) is 1.74. The van der Waals surface area contributed by atoms with Crippen LogP contribution < -0.4 is 0 Å². The van der Waals surface area contributed by atoms with Crippen LogP contribution in [0.1, 0.15) is 5.76 Å². The number of thioether (sulfide) groups is 1. The fourth-order valence-electron chi connectivity index (χ4n) is 2.90. The molecule has 5 nitrogen and oxygen atoms in total. The fraction of sp³-hybridized carbons (Fsp3) is 0.263. The summed E-state index contributed by atoms with van der Waals surface area (Å²) >= 11 is 13.4. The predicted molar refractivity (Wildman–Crippen MR) is 111 cm³/mol. The summed E-state index contributed by atoms with van der Waals surface area (Å²) in [6.07, 6.45) is 1.74. The van der Waals surface area contributed by atoms with Crippen LogP contribution in [-0.2, 0) is 4.79 Å². The Bertz CT molecular complexity index is 946. The Morgan fingerprint density at radius 2 is 1.89 bits per heavy atom. The van der Waals surface area contributed by atoms with E-state index in [2.05, 4.69) is 21.8 Å². The number of benzene rings is 1. The van der Waals surface area contributed by atoms with Gasteiger partial charge >= 0.3 is 0 Å². The third kappa shape index (κ3) is 4.09. The molecule has 8 heteroatoms. The summed E-state index contributed by atoms with van der Waals surface area (Å²) in [5.41, 5.74) is 0.828. The molecular formula is C19H17Cl2N3O2S. The van der Waals surface area contributed by atoms with Crippen LogP contribution in [0.4, 0.5) is 0 Å². The lowest BCUT2D eigenvalue weighted by Gasteiger charge is -2.32. The molecule has 2 aliphatic rings. The number of carbonyl (C=O) groups excluding carboxylic acids is 1. The minimum Gasteiger partial charge on any atom is -0.457 e. The van der Waals surface area contributed by atoms with Crippen molar-refractivity contribution in [2.75, 3.05) is 33.2 Å². The number of nitrogens with zero attached hydrogens (tertiary/aromatic N) is 3. The van der Waals surface area contributed by atoms with E-state index in [9.17, 15) is 4.79 Å². The Labute approximate surface area is 171 Å². The number of rotatable bonds is 2. The molecular weight excluding hydrogens is 405 g/mol. The van der Waals surface area contributed by atoms with Gasteiger partial charge in [0.15, 0.2) is 5.17 Å². The molecule has 1 aromatic carbocycles. The molecule has 0 radical (unpaired) electrons. The Morgan fingerprint density at radius 1 is 1.11 bits per heavy atom. The van der Waals surface area contributed by atoms with E-state index < -0.39 is 0 Å². The smallest absolute Gasteiger partial charge is 0.286 e. The number of amidine groups is 1. The van der Waals surface area contributed by atoms with Gasteiger partial charge in [0.1, 0.15) is 11.5 Å². The monoisotopic (exact) mass is 421 g/mol. The molecule has 140 valence electrons. The van der Waals surface area contributed by atoms with E-state index in [1.807, 2.05) is 18.2 Å². The highest BCUT2D eigenvalue weighted by atomic mass is 35.5. The predicted octanol–water partition coefficient (Wildman–Crippen LogP) is 4.47. The fourth-order valence-corrected chi connectivity index (χ4v) is 4.14. The molecule has 2 aromatic rings. The summed E-state index contributed by atoms with van der Waals surface area (Å²) in [5.74, 6) is 1.04. The molecule has 0 aliphatic carbocycles. The van der Waals surface area contributed by atoms with Crippen molar-refractivity contribution in [1.29, 1.82) is 0 Å². The van der Waals surface area contributed by atoms with Gasteiger partial charge in [0, 0.05) is 37.8 Å². The molecule has 0 bridgehead atoms. The van der Waals surface area contributed by atoms with Crippen molar-refractivity contribution in [1.82, 2.24) is 9.80 Å². The van der Waals surface area contributed by atoms with E-state index in [4.69, 9.17) is 27.6 Å². The Hall–Kier alpha value is -1.73. The van der Waals surface area contributed by atoms with Gasteiger partial charge in [-0.25, -0.2) is 0 Å². The van der Waals surface area contributed by atoms with E-state index in [-0.39, 0.29) is 5.91 Å². The van der Waals surface area contributed by atoms with E-state index in [0.29, 0.717) is 26.5 Å². The van der Waals surface area contributed by atoms with Gasteiger partial charge in [0.2, 0.25) is 0 Å². The second-order valence-electron chi connectivity index (χ2n) is 6.43. The molecule has 1 fully saturated rings. The van der Waals surface area contributed by atoms with Gasteiger partial charge in [-0.15, -0.1) is 0 Å². The molecule has 0 spiro atoms. The number of halogens is 2. The standard InChI is InChI=1S/C19H17Cl2N3O2S/c1-23-6-8-24(9-7-23)19-22-18(25)17(27-19)11-13-3-5-16(26-13)12-2-4-14(20)15(21)10-12/h2-5,10-11H,6-9H2,1H3/b17-11-. The zero-order chi connectivity index (χ0) is 19.0. The van der Waals surface area contributed by atoms with Crippen LogP contribution in [0.5, 0.6) is 0 Å². The summed E-state index contributed by atoms with van der Waals surface area (Å²) in [6.45, 7) is 3.70. The molecule has 0 unspecified atom stereocenters. The maximum absolute atomic E-state index is 12.3. The van der Waals surface area contributed by atoms with Crippen molar-refractivity contribution in [3.63, 3.8) is 0 Å². The van der Waals surface area contributed by atoms with Crippen molar-refractivity contribution in [3.8, 4) is 11.3 Å². The first-order valence-electron chi connectivity index (χ1n) is 8.51. The lowest BCUT2D eigenvalue weighted by atomic mass is 10.2. The quantitative estimate of drug-likeness (QED) is 0.669. The number of hydrogen-bond donors (Lipinski definition) is 0. The number of furan rings is 1. The lowest BCUT2D eigenvalue weighted by molar-refractivity contribution is -0.113. The summed E-state index contributed by atoms with van der Waals surface area (Å²) in [4.78, 5) is 21.5. The molecule has 0 N–H and O–H groups in total. The number of amides is 1. The third-order valence-corrected chi connectivity index (χ3v) is 6.27. The van der Waals surface area contributed by atoms with Crippen LogP contribution in [0, 0.1) is 0 Å². The maximum Gasteiger partial charge on any atom is 0.286 e. The SMILES string of the molecule is CN1CCN(C2=NC(=O)/C(=C/c3ccc(-c4ccc(Cl)c(Cl)c4)o3)S2)CC1. The molecule has 0 atom stereocenters. The number of piperazine rings is 1. The average Bonchev–Trinajstić information content (AvgIpc) is 3.26. The van der Waals surface area contributed by atoms with E-state index in [1.165, 1.54) is 11.8 Å². The number of hydrogen-bond acceptors (Lipinski definition) is 5. The van der Waals surface area contributed by atoms with Crippen LogP contribution in [0.15, 0.2) is 44.6 Å². The Kier molecular flexibility index (Phi) is 5.32. The summed E-state index contributed by atoms with van der Waals surface area (Å²) in [6, 6.07) is 8.99. The Morgan fingerprint density at radius 3 is 2.63 bits per heavy atom. The van der Waals surface area contributed by atoms with Gasteiger partial charge in [0.05, 0.1) is 15.0 Å². The zero-order valence-corrected chi connectivity index (χ0v) is 16.9. The van der Waals surface area contributed by atoms with Gasteiger partial charge in [-0.3, -0.25) is 4.79 Å². The highest BCUT2D eigenvalue weighted by Crippen LogP contribution is 2.33. The molecule has 1 amide bonds. The topological polar surface area (TPSA) is 49.0 Å². The van der Waals surface area contributed by atoms with E-state index in [0.717, 1.165) is 36.9 Å². The molecule has 27 heavy (non-hydrogen) atoms. The van der Waals surface area contributed by atoms with Crippen molar-refractivity contribution in [2.45, 2.75) is 0 Å². The average molecular weight is 422 g/mol. The molecule has 0 saturated carbocycles.